The number of benzene rings is 4. The normalized spacial score (nSPS) is 14.7. The maximum Gasteiger partial charge on any atom is 0.272 e. The highest BCUT2D eigenvalue weighted by Gasteiger charge is 2.40. The largest absolute Gasteiger partial charge is 0.497 e. The minimum absolute atomic E-state index is 0.0135. The third-order valence-electron chi connectivity index (χ3n) is 7.58. The molecule has 5 rings (SSSR count). The summed E-state index contributed by atoms with van der Waals surface area (Å²) in [4.78, 5) is 54.7. The molecule has 1 unspecified atom stereocenters. The van der Waals surface area contributed by atoms with E-state index in [4.69, 9.17) is 9.47 Å². The van der Waals surface area contributed by atoms with Gasteiger partial charge >= 0.3 is 0 Å². The van der Waals surface area contributed by atoms with Gasteiger partial charge in [-0.3, -0.25) is 19.2 Å². The number of hydrogen-bond donors (Lipinski definition) is 2. The second-order valence-corrected chi connectivity index (χ2v) is 12.4. The van der Waals surface area contributed by atoms with Gasteiger partial charge in [0.15, 0.2) is 0 Å². The van der Waals surface area contributed by atoms with Crippen LogP contribution in [0.5, 0.6) is 11.5 Å². The molecule has 4 aromatic carbocycles. The van der Waals surface area contributed by atoms with E-state index in [2.05, 4.69) is 24.5 Å². The number of ether oxygens (including phenoxy) is 2. The lowest BCUT2D eigenvalue weighted by Crippen LogP contribution is -2.31. The van der Waals surface area contributed by atoms with Crippen LogP contribution in [0.3, 0.4) is 0 Å². The Bertz CT molecular complexity index is 1800. The van der Waals surface area contributed by atoms with Gasteiger partial charge in [-0.2, -0.15) is 0 Å². The highest BCUT2D eigenvalue weighted by molar-refractivity contribution is 8.00. The van der Waals surface area contributed by atoms with E-state index >= 15 is 0 Å². The number of nitrogens with zero attached hydrogens (tertiary/aromatic N) is 1. The maximum absolute atomic E-state index is 13.6. The fourth-order valence-electron chi connectivity index (χ4n) is 5.01. The van der Waals surface area contributed by atoms with Crippen LogP contribution in [0, 0.1) is 0 Å². The Hall–Kier alpha value is -5.35. The molecule has 10 heteroatoms. The van der Waals surface area contributed by atoms with Gasteiger partial charge in [-0.05, 0) is 84.3 Å². The summed E-state index contributed by atoms with van der Waals surface area (Å²) >= 11 is 1.30. The summed E-state index contributed by atoms with van der Waals surface area (Å²) in [7, 11) is 3.04. The van der Waals surface area contributed by atoms with Gasteiger partial charge < -0.3 is 20.1 Å². The number of anilines is 2. The quantitative estimate of drug-likeness (QED) is 0.138. The average Bonchev–Trinajstić information content (AvgIpc) is 3.36. The lowest BCUT2D eigenvalue weighted by Gasteiger charge is -2.16. The average molecular weight is 650 g/mol. The number of carbonyl (C=O) groups excluding carboxylic acids is 4. The summed E-state index contributed by atoms with van der Waals surface area (Å²) in [5, 5.41) is 4.99. The molecule has 4 aromatic rings. The van der Waals surface area contributed by atoms with Crippen LogP contribution in [0.15, 0.2) is 108 Å². The second kappa shape index (κ2) is 14.8. The first-order valence-corrected chi connectivity index (χ1v) is 15.9. The van der Waals surface area contributed by atoms with Crippen LogP contribution in [0.1, 0.15) is 47.7 Å². The molecule has 0 spiro atoms. The van der Waals surface area contributed by atoms with E-state index in [0.29, 0.717) is 39.9 Å². The van der Waals surface area contributed by atoms with Crippen LogP contribution >= 0.6 is 11.8 Å². The molecule has 0 saturated carbocycles. The van der Waals surface area contributed by atoms with E-state index < -0.39 is 17.1 Å². The Morgan fingerprint density at radius 1 is 0.894 bits per heavy atom. The van der Waals surface area contributed by atoms with Crippen LogP contribution in [-0.4, -0.2) is 43.1 Å². The lowest BCUT2D eigenvalue weighted by atomic mass is 10.0. The van der Waals surface area contributed by atoms with Crippen LogP contribution < -0.4 is 25.0 Å². The van der Waals surface area contributed by atoms with Crippen molar-refractivity contribution in [2.24, 2.45) is 0 Å². The number of thioether (sulfide) groups is 1. The van der Waals surface area contributed by atoms with Crippen LogP contribution in [0.2, 0.25) is 0 Å². The van der Waals surface area contributed by atoms with Crippen molar-refractivity contribution in [1.29, 1.82) is 0 Å². The van der Waals surface area contributed by atoms with Gasteiger partial charge in [0.05, 0.1) is 25.2 Å². The molecule has 0 aromatic heterocycles. The van der Waals surface area contributed by atoms with E-state index in [9.17, 15) is 19.2 Å². The van der Waals surface area contributed by atoms with Gasteiger partial charge in [0.25, 0.3) is 11.8 Å². The molecule has 2 N–H and O–H groups in total. The van der Waals surface area contributed by atoms with Crippen LogP contribution in [-0.2, 0) is 14.4 Å². The molecular weight excluding hydrogens is 614 g/mol. The molecule has 1 fully saturated rings. The summed E-state index contributed by atoms with van der Waals surface area (Å²) in [5.41, 5.74) is 3.07. The Kier molecular flexibility index (Phi) is 10.4. The summed E-state index contributed by atoms with van der Waals surface area (Å²) < 4.78 is 10.8. The van der Waals surface area contributed by atoms with Gasteiger partial charge in [0, 0.05) is 28.1 Å². The van der Waals surface area contributed by atoms with Crippen molar-refractivity contribution in [1.82, 2.24) is 5.32 Å². The van der Waals surface area contributed by atoms with Crippen LogP contribution in [0.25, 0.3) is 6.08 Å². The SMILES string of the molecule is COc1ccc(OC)c(/C=C(\NC(=O)c2ccccc2)C(=O)Nc2ccc(SC3CC(=O)N(c4ccc(C(C)C)cc4)C3=O)cc2)c1. The molecule has 0 aliphatic carbocycles. The Morgan fingerprint density at radius 3 is 2.23 bits per heavy atom. The lowest BCUT2D eigenvalue weighted by molar-refractivity contribution is -0.121. The second-order valence-electron chi connectivity index (χ2n) is 11.1. The van der Waals surface area contributed by atoms with Gasteiger partial charge in [-0.15, -0.1) is 11.8 Å². The van der Waals surface area contributed by atoms with Gasteiger partial charge in [-0.1, -0.05) is 44.2 Å². The minimum atomic E-state index is -0.562. The number of nitrogens with one attached hydrogen (secondary N) is 2. The van der Waals surface area contributed by atoms with Gasteiger partial charge in [0.2, 0.25) is 11.8 Å². The van der Waals surface area contributed by atoms with Crippen molar-refractivity contribution in [3.05, 3.63) is 119 Å². The van der Waals surface area contributed by atoms with Crippen molar-refractivity contribution in [3.63, 3.8) is 0 Å². The number of carbonyl (C=O) groups is 4. The molecule has 47 heavy (non-hydrogen) atoms. The first-order valence-electron chi connectivity index (χ1n) is 15.0. The van der Waals surface area contributed by atoms with E-state index in [0.717, 1.165) is 10.5 Å². The summed E-state index contributed by atoms with van der Waals surface area (Å²) in [6.45, 7) is 4.17. The maximum atomic E-state index is 13.6. The standard InChI is InChI=1S/C37H35N3O6S/c1-23(2)24-10-14-28(15-11-24)40-34(41)22-33(37(40)44)47-30-17-12-27(13-18-30)38-36(43)31(39-35(42)25-8-6-5-7-9-25)21-26-20-29(45-3)16-19-32(26)46-4/h5-21,23,33H,22H2,1-4H3,(H,38,43)(H,39,42)/b31-21-. The highest BCUT2D eigenvalue weighted by atomic mass is 32.2. The third-order valence-corrected chi connectivity index (χ3v) is 8.78. The van der Waals surface area contributed by atoms with Crippen molar-refractivity contribution in [2.75, 3.05) is 24.4 Å². The molecule has 240 valence electrons. The Labute approximate surface area is 278 Å². The molecule has 0 bridgehead atoms. The molecule has 9 nitrogen and oxygen atoms in total. The first kappa shape index (κ1) is 33.0. The smallest absolute Gasteiger partial charge is 0.272 e. The summed E-state index contributed by atoms with van der Waals surface area (Å²) in [6.07, 6.45) is 1.61. The van der Waals surface area contributed by atoms with Gasteiger partial charge in [0.1, 0.15) is 17.2 Å². The van der Waals surface area contributed by atoms with E-state index in [1.54, 1.807) is 72.8 Å². The molecule has 1 aliphatic heterocycles. The van der Waals surface area contributed by atoms with E-state index in [1.165, 1.54) is 37.0 Å². The first-order chi connectivity index (χ1) is 22.7. The zero-order valence-corrected chi connectivity index (χ0v) is 27.3. The molecule has 4 amide bonds. The molecule has 1 saturated heterocycles. The number of hydrogen-bond acceptors (Lipinski definition) is 7. The Morgan fingerprint density at radius 2 is 1.60 bits per heavy atom. The summed E-state index contributed by atoms with van der Waals surface area (Å²) in [5.74, 6) is -0.134. The van der Waals surface area contributed by atoms with Crippen molar-refractivity contribution in [2.45, 2.75) is 36.3 Å². The number of methoxy groups -OCH3 is 2. The zero-order valence-electron chi connectivity index (χ0n) is 26.5. The highest BCUT2D eigenvalue weighted by Crippen LogP contribution is 2.35. The number of imide groups is 1. The van der Waals surface area contributed by atoms with Crippen molar-refractivity contribution < 1.29 is 28.7 Å². The summed E-state index contributed by atoms with van der Waals surface area (Å²) in [6, 6.07) is 28.2. The Balaban J connectivity index is 1.31. The third kappa shape index (κ3) is 7.90. The molecule has 1 atom stereocenters. The zero-order chi connectivity index (χ0) is 33.5. The fraction of sp³-hybridized carbons (Fsp3) is 0.189. The monoisotopic (exact) mass is 649 g/mol. The van der Waals surface area contributed by atoms with E-state index in [1.807, 2.05) is 24.3 Å². The molecule has 1 aliphatic rings. The minimum Gasteiger partial charge on any atom is -0.497 e. The van der Waals surface area contributed by atoms with Crippen molar-refractivity contribution in [3.8, 4) is 11.5 Å². The number of rotatable bonds is 11. The van der Waals surface area contributed by atoms with Crippen molar-refractivity contribution >= 4 is 52.8 Å². The molecule has 1 heterocycles. The topological polar surface area (TPSA) is 114 Å². The molecule has 0 radical (unpaired) electrons. The fourth-order valence-corrected chi connectivity index (χ4v) is 6.06. The predicted molar refractivity (Wildman–Crippen MR) is 184 cm³/mol. The van der Waals surface area contributed by atoms with Gasteiger partial charge in [-0.25, -0.2) is 4.90 Å². The predicted octanol–water partition coefficient (Wildman–Crippen LogP) is 6.66. The van der Waals surface area contributed by atoms with Crippen LogP contribution in [0.4, 0.5) is 11.4 Å². The van der Waals surface area contributed by atoms with E-state index in [-0.39, 0.29) is 23.9 Å². The molecular formula is C37H35N3O6S. The number of amides is 4.